The summed E-state index contributed by atoms with van der Waals surface area (Å²) in [5, 5.41) is 3.17. The molecule has 98 valence electrons. The Kier molecular flexibility index (Phi) is 3.75. The zero-order chi connectivity index (χ0) is 13.4. The first kappa shape index (κ1) is 13.3. The van der Waals surface area contributed by atoms with Gasteiger partial charge in [0, 0.05) is 23.0 Å². The third-order valence-electron chi connectivity index (χ3n) is 3.18. The monoisotopic (exact) mass is 429 g/mol. The van der Waals surface area contributed by atoms with Gasteiger partial charge in [0.25, 0.3) is 0 Å². The summed E-state index contributed by atoms with van der Waals surface area (Å²) in [5.74, 6) is 2.35. The summed E-state index contributed by atoms with van der Waals surface area (Å²) in [6.07, 6.45) is 2.49. The fourth-order valence-electron chi connectivity index (χ4n) is 1.99. The molecule has 0 amide bonds. The Morgan fingerprint density at radius 3 is 2.47 bits per heavy atom. The summed E-state index contributed by atoms with van der Waals surface area (Å²) in [4.78, 5) is 9.39. The lowest BCUT2D eigenvalue weighted by molar-refractivity contribution is 0.979. The maximum atomic E-state index is 4.77. The van der Waals surface area contributed by atoms with Crippen LogP contribution in [0.15, 0.2) is 28.7 Å². The predicted molar refractivity (Wildman–Crippen MR) is 89.4 cm³/mol. The molecule has 3 nitrogen and oxygen atoms in total. The molecule has 1 aliphatic carbocycles. The number of hydrogen-bond donors (Lipinski definition) is 1. The smallest absolute Gasteiger partial charge is 0.161 e. The van der Waals surface area contributed by atoms with E-state index in [0.717, 1.165) is 25.2 Å². The quantitative estimate of drug-likeness (QED) is 0.733. The van der Waals surface area contributed by atoms with Crippen LogP contribution in [0, 0.1) is 3.57 Å². The maximum absolute atomic E-state index is 4.77. The molecule has 19 heavy (non-hydrogen) atoms. The number of nitrogens with one attached hydrogen (secondary N) is 1. The Hall–Kier alpha value is -0.690. The number of hydrogen-bond acceptors (Lipinski definition) is 3. The molecule has 0 radical (unpaired) electrons. The van der Waals surface area contributed by atoms with Crippen LogP contribution < -0.4 is 5.32 Å². The van der Waals surface area contributed by atoms with Gasteiger partial charge in [-0.25, -0.2) is 9.97 Å². The SMILES string of the molecule is CNc1nc(-c2ccc(Br)cc2)nc(C2CC2)c1I. The van der Waals surface area contributed by atoms with E-state index in [4.69, 9.17) is 4.98 Å². The number of rotatable bonds is 3. The van der Waals surface area contributed by atoms with Gasteiger partial charge >= 0.3 is 0 Å². The van der Waals surface area contributed by atoms with Crippen LogP contribution in [-0.2, 0) is 0 Å². The fraction of sp³-hybridized carbons (Fsp3) is 0.286. The number of aromatic nitrogens is 2. The van der Waals surface area contributed by atoms with Crippen molar-refractivity contribution in [1.82, 2.24) is 9.97 Å². The van der Waals surface area contributed by atoms with Gasteiger partial charge in [-0.2, -0.15) is 0 Å². The average Bonchev–Trinajstić information content (AvgIpc) is 3.24. The van der Waals surface area contributed by atoms with E-state index in [1.54, 1.807) is 0 Å². The minimum Gasteiger partial charge on any atom is -0.372 e. The van der Waals surface area contributed by atoms with Crippen LogP contribution in [0.25, 0.3) is 11.4 Å². The minimum absolute atomic E-state index is 0.621. The zero-order valence-corrected chi connectivity index (χ0v) is 14.2. The van der Waals surface area contributed by atoms with Crippen molar-refractivity contribution in [3.05, 3.63) is 38.0 Å². The van der Waals surface area contributed by atoms with Crippen LogP contribution in [0.2, 0.25) is 0 Å². The van der Waals surface area contributed by atoms with E-state index in [1.165, 1.54) is 18.5 Å². The number of halogens is 2. The predicted octanol–water partition coefficient (Wildman–Crippen LogP) is 4.43. The molecule has 2 aromatic rings. The van der Waals surface area contributed by atoms with Gasteiger partial charge in [-0.05, 0) is 47.6 Å². The van der Waals surface area contributed by atoms with Gasteiger partial charge < -0.3 is 5.32 Å². The third kappa shape index (κ3) is 2.76. The molecule has 1 aliphatic rings. The summed E-state index contributed by atoms with van der Waals surface area (Å²) in [6.45, 7) is 0. The molecule has 3 rings (SSSR count). The van der Waals surface area contributed by atoms with Crippen LogP contribution in [-0.4, -0.2) is 17.0 Å². The van der Waals surface area contributed by atoms with Crippen molar-refractivity contribution in [2.75, 3.05) is 12.4 Å². The molecule has 1 N–H and O–H groups in total. The van der Waals surface area contributed by atoms with E-state index in [9.17, 15) is 0 Å². The Labute approximate surface area is 134 Å². The molecule has 0 bridgehead atoms. The zero-order valence-electron chi connectivity index (χ0n) is 10.5. The summed E-state index contributed by atoms with van der Waals surface area (Å²) in [7, 11) is 1.91. The van der Waals surface area contributed by atoms with Crippen molar-refractivity contribution in [3.63, 3.8) is 0 Å². The molecule has 0 saturated heterocycles. The van der Waals surface area contributed by atoms with Crippen molar-refractivity contribution < 1.29 is 0 Å². The highest BCUT2D eigenvalue weighted by Crippen LogP contribution is 2.42. The average molecular weight is 430 g/mol. The van der Waals surface area contributed by atoms with Gasteiger partial charge in [0.05, 0.1) is 9.26 Å². The molecular weight excluding hydrogens is 417 g/mol. The van der Waals surface area contributed by atoms with Crippen LogP contribution in [0.5, 0.6) is 0 Å². The number of nitrogens with zero attached hydrogens (tertiary/aromatic N) is 2. The molecule has 1 heterocycles. The van der Waals surface area contributed by atoms with Gasteiger partial charge in [0.1, 0.15) is 5.82 Å². The molecule has 1 fully saturated rings. The van der Waals surface area contributed by atoms with E-state index in [2.05, 4.69) is 48.8 Å². The second-order valence-corrected chi connectivity index (χ2v) is 6.62. The van der Waals surface area contributed by atoms with Crippen LogP contribution >= 0.6 is 38.5 Å². The highest BCUT2D eigenvalue weighted by Gasteiger charge is 2.29. The summed E-state index contributed by atoms with van der Waals surface area (Å²) in [5.41, 5.74) is 2.25. The molecule has 1 aromatic carbocycles. The number of benzene rings is 1. The molecule has 0 aliphatic heterocycles. The summed E-state index contributed by atoms with van der Waals surface area (Å²) < 4.78 is 2.22. The summed E-state index contributed by atoms with van der Waals surface area (Å²) >= 11 is 5.79. The first-order valence-electron chi connectivity index (χ1n) is 6.20. The molecule has 0 spiro atoms. The highest BCUT2D eigenvalue weighted by molar-refractivity contribution is 14.1. The normalized spacial score (nSPS) is 14.5. The van der Waals surface area contributed by atoms with Gasteiger partial charge in [0.15, 0.2) is 5.82 Å². The van der Waals surface area contributed by atoms with Crippen LogP contribution in [0.4, 0.5) is 5.82 Å². The van der Waals surface area contributed by atoms with Gasteiger partial charge in [-0.1, -0.05) is 28.1 Å². The van der Waals surface area contributed by atoms with Crippen molar-refractivity contribution >= 4 is 44.3 Å². The molecule has 1 saturated carbocycles. The van der Waals surface area contributed by atoms with E-state index < -0.39 is 0 Å². The Morgan fingerprint density at radius 1 is 1.21 bits per heavy atom. The van der Waals surface area contributed by atoms with E-state index in [1.807, 2.05) is 31.3 Å². The van der Waals surface area contributed by atoms with Gasteiger partial charge in [-0.15, -0.1) is 0 Å². The molecule has 0 atom stereocenters. The number of anilines is 1. The minimum atomic E-state index is 0.621. The van der Waals surface area contributed by atoms with Crippen molar-refractivity contribution in [1.29, 1.82) is 0 Å². The highest BCUT2D eigenvalue weighted by atomic mass is 127. The van der Waals surface area contributed by atoms with Gasteiger partial charge in [0.2, 0.25) is 0 Å². The molecule has 0 unspecified atom stereocenters. The topological polar surface area (TPSA) is 37.8 Å². The largest absolute Gasteiger partial charge is 0.372 e. The van der Waals surface area contributed by atoms with Crippen molar-refractivity contribution in [2.24, 2.45) is 0 Å². The van der Waals surface area contributed by atoms with Crippen LogP contribution in [0.1, 0.15) is 24.5 Å². The molecular formula is C14H13BrIN3. The third-order valence-corrected chi connectivity index (χ3v) is 4.77. The van der Waals surface area contributed by atoms with Crippen molar-refractivity contribution in [3.8, 4) is 11.4 Å². The first-order chi connectivity index (χ1) is 9.19. The standard InChI is InChI=1S/C14H13BrIN3/c1-17-14-11(16)12(8-2-3-8)18-13(19-14)9-4-6-10(15)7-5-9/h4-8H,2-3H2,1H3,(H,17,18,19). The Bertz CT molecular complexity index is 609. The fourth-order valence-corrected chi connectivity index (χ4v) is 3.20. The van der Waals surface area contributed by atoms with Gasteiger partial charge in [-0.3, -0.25) is 0 Å². The second-order valence-electron chi connectivity index (χ2n) is 4.63. The lowest BCUT2D eigenvalue weighted by Crippen LogP contribution is -2.04. The lowest BCUT2D eigenvalue weighted by atomic mass is 10.2. The second kappa shape index (κ2) is 5.36. The Balaban J connectivity index is 2.10. The first-order valence-corrected chi connectivity index (χ1v) is 8.07. The maximum Gasteiger partial charge on any atom is 0.161 e. The molecule has 1 aromatic heterocycles. The lowest BCUT2D eigenvalue weighted by Gasteiger charge is -2.10. The van der Waals surface area contributed by atoms with E-state index in [0.29, 0.717) is 5.92 Å². The van der Waals surface area contributed by atoms with Crippen LogP contribution in [0.3, 0.4) is 0 Å². The van der Waals surface area contributed by atoms with E-state index >= 15 is 0 Å². The summed E-state index contributed by atoms with van der Waals surface area (Å²) in [6, 6.07) is 8.13. The Morgan fingerprint density at radius 2 is 1.89 bits per heavy atom. The molecule has 5 heteroatoms. The van der Waals surface area contributed by atoms with Crippen molar-refractivity contribution in [2.45, 2.75) is 18.8 Å². The van der Waals surface area contributed by atoms with E-state index in [-0.39, 0.29) is 0 Å².